The van der Waals surface area contributed by atoms with Gasteiger partial charge >= 0.3 is 6.09 Å². The standard InChI is InChI=1S/C14H21N3O3/c1-13(2,3)20-12(19)17-14(4,5)11(18)16-10-7-6-8-15-9-10/h6-9H,1-5H3,(H,16,18)(H,17,19). The molecular weight excluding hydrogens is 258 g/mol. The predicted octanol–water partition coefficient (Wildman–Crippen LogP) is 2.32. The number of amides is 2. The van der Waals surface area contributed by atoms with Crippen LogP contribution in [0.5, 0.6) is 0 Å². The summed E-state index contributed by atoms with van der Waals surface area (Å²) in [6, 6.07) is 3.43. The number of carbonyl (C=O) groups is 2. The zero-order chi connectivity index (χ0) is 15.4. The largest absolute Gasteiger partial charge is 0.444 e. The number of hydrogen-bond donors (Lipinski definition) is 2. The Hall–Kier alpha value is -2.11. The van der Waals surface area contributed by atoms with Gasteiger partial charge in [0.05, 0.1) is 11.9 Å². The highest BCUT2D eigenvalue weighted by atomic mass is 16.6. The molecule has 0 unspecified atom stereocenters. The van der Waals surface area contributed by atoms with E-state index in [2.05, 4.69) is 15.6 Å². The maximum atomic E-state index is 12.1. The molecule has 2 amide bonds. The Morgan fingerprint density at radius 3 is 2.35 bits per heavy atom. The highest BCUT2D eigenvalue weighted by Gasteiger charge is 2.31. The average molecular weight is 279 g/mol. The molecule has 0 spiro atoms. The number of hydrogen-bond acceptors (Lipinski definition) is 4. The lowest BCUT2D eigenvalue weighted by Crippen LogP contribution is -2.53. The summed E-state index contributed by atoms with van der Waals surface area (Å²) >= 11 is 0. The van der Waals surface area contributed by atoms with Gasteiger partial charge in [0.2, 0.25) is 5.91 Å². The molecule has 1 aromatic heterocycles. The van der Waals surface area contributed by atoms with Crippen LogP contribution in [-0.2, 0) is 9.53 Å². The number of carbonyl (C=O) groups excluding carboxylic acids is 2. The Morgan fingerprint density at radius 2 is 1.85 bits per heavy atom. The van der Waals surface area contributed by atoms with E-state index in [1.165, 1.54) is 6.20 Å². The Morgan fingerprint density at radius 1 is 1.20 bits per heavy atom. The molecule has 1 heterocycles. The van der Waals surface area contributed by atoms with Gasteiger partial charge in [0, 0.05) is 6.20 Å². The van der Waals surface area contributed by atoms with E-state index in [0.717, 1.165) is 0 Å². The van der Waals surface area contributed by atoms with E-state index in [0.29, 0.717) is 5.69 Å². The van der Waals surface area contributed by atoms with E-state index in [-0.39, 0.29) is 5.91 Å². The van der Waals surface area contributed by atoms with Crippen LogP contribution in [0.2, 0.25) is 0 Å². The van der Waals surface area contributed by atoms with Crippen molar-refractivity contribution in [2.75, 3.05) is 5.32 Å². The van der Waals surface area contributed by atoms with E-state index < -0.39 is 17.2 Å². The molecule has 0 aliphatic rings. The smallest absolute Gasteiger partial charge is 0.408 e. The molecule has 6 heteroatoms. The molecule has 1 aromatic rings. The van der Waals surface area contributed by atoms with E-state index in [1.54, 1.807) is 52.9 Å². The molecule has 0 bridgehead atoms. The van der Waals surface area contributed by atoms with Crippen molar-refractivity contribution in [2.45, 2.75) is 45.8 Å². The van der Waals surface area contributed by atoms with Crippen LogP contribution in [0.15, 0.2) is 24.5 Å². The van der Waals surface area contributed by atoms with Gasteiger partial charge in [0.15, 0.2) is 0 Å². The number of rotatable bonds is 3. The fourth-order valence-corrected chi connectivity index (χ4v) is 1.34. The van der Waals surface area contributed by atoms with Gasteiger partial charge in [-0.3, -0.25) is 9.78 Å². The number of alkyl carbamates (subject to hydrolysis) is 1. The Bertz CT molecular complexity index is 478. The molecule has 6 nitrogen and oxygen atoms in total. The van der Waals surface area contributed by atoms with Crippen molar-refractivity contribution in [1.82, 2.24) is 10.3 Å². The van der Waals surface area contributed by atoms with Crippen molar-refractivity contribution in [1.29, 1.82) is 0 Å². The van der Waals surface area contributed by atoms with Crippen molar-refractivity contribution in [3.63, 3.8) is 0 Å². The van der Waals surface area contributed by atoms with E-state index >= 15 is 0 Å². The molecule has 0 fully saturated rings. The quantitative estimate of drug-likeness (QED) is 0.889. The number of pyridine rings is 1. The molecule has 1 rings (SSSR count). The normalized spacial score (nSPS) is 11.7. The number of aromatic nitrogens is 1. The first-order valence-corrected chi connectivity index (χ1v) is 6.33. The number of nitrogens with one attached hydrogen (secondary N) is 2. The lowest BCUT2D eigenvalue weighted by molar-refractivity contribution is -0.121. The second-order valence-corrected chi connectivity index (χ2v) is 5.95. The minimum absolute atomic E-state index is 0.351. The minimum atomic E-state index is -1.10. The lowest BCUT2D eigenvalue weighted by atomic mass is 10.0. The monoisotopic (exact) mass is 279 g/mol. The van der Waals surface area contributed by atoms with Gasteiger partial charge in [-0.1, -0.05) is 0 Å². The molecule has 110 valence electrons. The molecule has 2 N–H and O–H groups in total. The van der Waals surface area contributed by atoms with Crippen molar-refractivity contribution in [2.24, 2.45) is 0 Å². The van der Waals surface area contributed by atoms with Gasteiger partial charge in [-0.25, -0.2) is 4.79 Å². The molecule has 0 aromatic carbocycles. The molecule has 0 saturated carbocycles. The van der Waals surface area contributed by atoms with Crippen molar-refractivity contribution >= 4 is 17.7 Å². The number of anilines is 1. The van der Waals surface area contributed by atoms with Crippen LogP contribution in [0.25, 0.3) is 0 Å². The van der Waals surface area contributed by atoms with Crippen LogP contribution in [0.3, 0.4) is 0 Å². The van der Waals surface area contributed by atoms with Gasteiger partial charge in [0.25, 0.3) is 0 Å². The molecule has 0 radical (unpaired) electrons. The van der Waals surface area contributed by atoms with Crippen LogP contribution in [-0.4, -0.2) is 28.1 Å². The van der Waals surface area contributed by atoms with Crippen LogP contribution >= 0.6 is 0 Å². The molecular formula is C14H21N3O3. The highest BCUT2D eigenvalue weighted by molar-refractivity contribution is 5.99. The molecule has 0 aliphatic heterocycles. The second-order valence-electron chi connectivity index (χ2n) is 5.95. The molecule has 20 heavy (non-hydrogen) atoms. The predicted molar refractivity (Wildman–Crippen MR) is 76.3 cm³/mol. The van der Waals surface area contributed by atoms with Crippen LogP contribution in [0.1, 0.15) is 34.6 Å². The maximum Gasteiger partial charge on any atom is 0.408 e. The summed E-state index contributed by atoms with van der Waals surface area (Å²) in [4.78, 5) is 27.7. The third kappa shape index (κ3) is 5.26. The SMILES string of the molecule is CC(C)(C)OC(=O)NC(C)(C)C(=O)Nc1cccnc1. The van der Waals surface area contributed by atoms with Gasteiger partial charge in [-0.05, 0) is 46.8 Å². The van der Waals surface area contributed by atoms with Crippen LogP contribution < -0.4 is 10.6 Å². The summed E-state index contributed by atoms with van der Waals surface area (Å²) in [5, 5.41) is 5.22. The summed E-state index contributed by atoms with van der Waals surface area (Å²) in [5.74, 6) is -0.351. The van der Waals surface area contributed by atoms with Crippen molar-refractivity contribution in [3.8, 4) is 0 Å². The first kappa shape index (κ1) is 15.9. The van der Waals surface area contributed by atoms with Crippen molar-refractivity contribution in [3.05, 3.63) is 24.5 Å². The molecule has 0 atom stereocenters. The summed E-state index contributed by atoms with van der Waals surface area (Å²) in [7, 11) is 0. The molecule has 0 saturated heterocycles. The van der Waals surface area contributed by atoms with E-state index in [9.17, 15) is 9.59 Å². The third-order valence-electron chi connectivity index (χ3n) is 2.30. The first-order chi connectivity index (χ1) is 9.10. The van der Waals surface area contributed by atoms with Crippen molar-refractivity contribution < 1.29 is 14.3 Å². The second kappa shape index (κ2) is 5.90. The van der Waals surface area contributed by atoms with Gasteiger partial charge in [-0.15, -0.1) is 0 Å². The topological polar surface area (TPSA) is 80.3 Å². The lowest BCUT2D eigenvalue weighted by Gasteiger charge is -2.27. The fourth-order valence-electron chi connectivity index (χ4n) is 1.34. The van der Waals surface area contributed by atoms with Gasteiger partial charge in [0.1, 0.15) is 11.1 Å². The third-order valence-corrected chi connectivity index (χ3v) is 2.30. The highest BCUT2D eigenvalue weighted by Crippen LogP contribution is 2.12. The Balaban J connectivity index is 2.64. The zero-order valence-electron chi connectivity index (χ0n) is 12.5. The summed E-state index contributed by atoms with van der Waals surface area (Å²) in [6.45, 7) is 8.48. The molecule has 0 aliphatic carbocycles. The van der Waals surface area contributed by atoms with Gasteiger partial charge < -0.3 is 15.4 Å². The van der Waals surface area contributed by atoms with E-state index in [4.69, 9.17) is 4.74 Å². The van der Waals surface area contributed by atoms with Crippen LogP contribution in [0.4, 0.5) is 10.5 Å². The average Bonchev–Trinajstić information content (AvgIpc) is 2.26. The summed E-state index contributed by atoms with van der Waals surface area (Å²) in [5.41, 5.74) is -1.14. The Labute approximate surface area is 118 Å². The zero-order valence-corrected chi connectivity index (χ0v) is 12.5. The summed E-state index contributed by atoms with van der Waals surface area (Å²) in [6.07, 6.45) is 2.50. The fraction of sp³-hybridized carbons (Fsp3) is 0.500. The Kier molecular flexibility index (Phi) is 4.70. The maximum absolute atomic E-state index is 12.1. The first-order valence-electron chi connectivity index (χ1n) is 6.33. The number of ether oxygens (including phenoxy) is 1. The van der Waals surface area contributed by atoms with Gasteiger partial charge in [-0.2, -0.15) is 0 Å². The van der Waals surface area contributed by atoms with Crippen LogP contribution in [0, 0.1) is 0 Å². The van der Waals surface area contributed by atoms with E-state index in [1.807, 2.05) is 0 Å². The minimum Gasteiger partial charge on any atom is -0.444 e. The number of nitrogens with zero attached hydrogens (tertiary/aromatic N) is 1. The summed E-state index contributed by atoms with van der Waals surface area (Å²) < 4.78 is 5.13.